The third-order valence-electron chi connectivity index (χ3n) is 5.22. The number of halogens is 1. The summed E-state index contributed by atoms with van der Waals surface area (Å²) < 4.78 is 24.0. The highest BCUT2D eigenvalue weighted by Crippen LogP contribution is 2.42. The van der Waals surface area contributed by atoms with Crippen LogP contribution >= 0.6 is 11.6 Å². The minimum atomic E-state index is -3.28. The molecule has 2 atom stereocenters. The molecule has 3 heterocycles. The van der Waals surface area contributed by atoms with Crippen molar-refractivity contribution in [2.75, 3.05) is 11.5 Å². The van der Waals surface area contributed by atoms with Crippen LogP contribution in [-0.2, 0) is 19.4 Å². The van der Waals surface area contributed by atoms with Gasteiger partial charge in [-0.1, -0.05) is 11.6 Å². The normalized spacial score (nSPS) is 25.5. The maximum atomic E-state index is 12.9. The molecule has 2 aliphatic heterocycles. The first-order valence-electron chi connectivity index (χ1n) is 8.95. The topological polar surface area (TPSA) is 105 Å². The molecular weight excluding hydrogens is 416 g/mol. The lowest BCUT2D eigenvalue weighted by Crippen LogP contribution is -2.40. The first kappa shape index (κ1) is 19.6. The molecule has 0 aliphatic carbocycles. The molecule has 7 nitrogen and oxygen atoms in total. The molecule has 2 aromatic rings. The molecule has 2 aliphatic rings. The van der Waals surface area contributed by atoms with E-state index in [-0.39, 0.29) is 29.3 Å². The Balaban J connectivity index is 1.88. The predicted molar refractivity (Wildman–Crippen MR) is 107 cm³/mol. The molecule has 0 saturated carbocycles. The number of sulfone groups is 1. The number of carbonyl (C=O) groups is 2. The number of aliphatic hydroxyl groups is 1. The number of rotatable bonds is 3. The molecule has 1 amide bonds. The van der Waals surface area contributed by atoms with Crippen LogP contribution in [0.4, 0.5) is 0 Å². The molecule has 29 heavy (non-hydrogen) atoms. The Labute approximate surface area is 172 Å². The monoisotopic (exact) mass is 432 g/mol. The number of Topliss-reactive ketones (excluding diaryl/α,β-unsaturated/α-hetero) is 1. The largest absolute Gasteiger partial charge is 0.507 e. The number of aliphatic hydroxyl groups excluding tert-OH is 1. The highest BCUT2D eigenvalue weighted by molar-refractivity contribution is 7.91. The van der Waals surface area contributed by atoms with Gasteiger partial charge in [-0.05, 0) is 48.4 Å². The molecular formula is C20H17ClN2O5S. The Morgan fingerprint density at radius 3 is 2.34 bits per heavy atom. The Kier molecular flexibility index (Phi) is 4.92. The van der Waals surface area contributed by atoms with Crippen molar-refractivity contribution in [2.24, 2.45) is 0 Å². The lowest BCUT2D eigenvalue weighted by molar-refractivity contribution is -0.141. The van der Waals surface area contributed by atoms with Crippen LogP contribution in [0, 0.1) is 0 Å². The fourth-order valence-electron chi connectivity index (χ4n) is 3.86. The number of hydrogen-bond donors (Lipinski definition) is 1. The van der Waals surface area contributed by atoms with Crippen molar-refractivity contribution in [1.82, 2.24) is 9.88 Å². The summed E-state index contributed by atoms with van der Waals surface area (Å²) in [6, 6.07) is 7.99. The van der Waals surface area contributed by atoms with E-state index in [2.05, 4.69) is 4.98 Å². The second-order valence-corrected chi connectivity index (χ2v) is 9.72. The third kappa shape index (κ3) is 3.54. The van der Waals surface area contributed by atoms with Gasteiger partial charge < -0.3 is 10.0 Å². The zero-order valence-corrected chi connectivity index (χ0v) is 16.7. The van der Waals surface area contributed by atoms with Gasteiger partial charge in [0.15, 0.2) is 9.84 Å². The second-order valence-electron chi connectivity index (χ2n) is 7.05. The molecule has 9 heteroatoms. The van der Waals surface area contributed by atoms with Crippen molar-refractivity contribution in [3.63, 3.8) is 0 Å². The molecule has 4 rings (SSSR count). The quantitative estimate of drug-likeness (QED) is 0.453. The Hall–Kier alpha value is -2.71. The number of nitrogens with zero attached hydrogens (tertiary/aromatic N) is 2. The number of pyridine rings is 1. The van der Waals surface area contributed by atoms with E-state index in [1.165, 1.54) is 17.3 Å². The summed E-state index contributed by atoms with van der Waals surface area (Å²) in [5.74, 6) is -2.23. The van der Waals surface area contributed by atoms with E-state index in [4.69, 9.17) is 11.6 Å². The summed E-state index contributed by atoms with van der Waals surface area (Å²) in [7, 11) is -3.28. The van der Waals surface area contributed by atoms with E-state index in [0.717, 1.165) is 0 Å². The van der Waals surface area contributed by atoms with E-state index >= 15 is 0 Å². The summed E-state index contributed by atoms with van der Waals surface area (Å²) in [5, 5.41) is 11.4. The third-order valence-corrected chi connectivity index (χ3v) is 7.22. The minimum absolute atomic E-state index is 0.0408. The maximum Gasteiger partial charge on any atom is 0.295 e. The lowest BCUT2D eigenvalue weighted by Gasteiger charge is -2.30. The summed E-state index contributed by atoms with van der Waals surface area (Å²) in [5.41, 5.74) is 0.831. The summed E-state index contributed by atoms with van der Waals surface area (Å²) in [4.78, 5) is 31.0. The van der Waals surface area contributed by atoms with Crippen LogP contribution in [0.25, 0.3) is 5.76 Å². The van der Waals surface area contributed by atoms with Crippen LogP contribution in [0.1, 0.15) is 23.6 Å². The Morgan fingerprint density at radius 2 is 1.76 bits per heavy atom. The predicted octanol–water partition coefficient (Wildman–Crippen LogP) is 2.34. The van der Waals surface area contributed by atoms with Crippen LogP contribution in [0.2, 0.25) is 5.02 Å². The molecule has 2 unspecified atom stereocenters. The molecule has 1 N–H and O–H groups in total. The van der Waals surface area contributed by atoms with Crippen LogP contribution in [0.5, 0.6) is 0 Å². The highest BCUT2D eigenvalue weighted by Gasteiger charge is 2.50. The fourth-order valence-corrected chi connectivity index (χ4v) is 5.70. The fraction of sp³-hybridized carbons (Fsp3) is 0.250. The average Bonchev–Trinajstić information content (AvgIpc) is 3.19. The SMILES string of the molecule is O=C1C(=O)N(C2CCS(=O)(=O)C2)C(c2ccncc2)/C1=C(/O)c1ccc(Cl)cc1. The summed E-state index contributed by atoms with van der Waals surface area (Å²) in [6.45, 7) is 0. The maximum absolute atomic E-state index is 12.9. The first-order valence-corrected chi connectivity index (χ1v) is 11.1. The second kappa shape index (κ2) is 7.27. The van der Waals surface area contributed by atoms with Crippen molar-refractivity contribution in [3.8, 4) is 0 Å². The van der Waals surface area contributed by atoms with Crippen molar-refractivity contribution >= 4 is 38.9 Å². The van der Waals surface area contributed by atoms with Gasteiger partial charge in [-0.3, -0.25) is 14.6 Å². The van der Waals surface area contributed by atoms with E-state index in [1.807, 2.05) is 0 Å². The van der Waals surface area contributed by atoms with Gasteiger partial charge in [-0.15, -0.1) is 0 Å². The smallest absolute Gasteiger partial charge is 0.295 e. The van der Waals surface area contributed by atoms with E-state index in [9.17, 15) is 23.1 Å². The number of benzene rings is 1. The van der Waals surface area contributed by atoms with Crippen molar-refractivity contribution in [2.45, 2.75) is 18.5 Å². The van der Waals surface area contributed by atoms with Gasteiger partial charge in [0.05, 0.1) is 23.1 Å². The highest BCUT2D eigenvalue weighted by atomic mass is 35.5. The van der Waals surface area contributed by atoms with Crippen LogP contribution in [0.15, 0.2) is 54.4 Å². The Bertz CT molecular complexity index is 1110. The number of ketones is 1. The van der Waals surface area contributed by atoms with Gasteiger partial charge >= 0.3 is 0 Å². The van der Waals surface area contributed by atoms with Crippen LogP contribution < -0.4 is 0 Å². The Morgan fingerprint density at radius 1 is 1.10 bits per heavy atom. The lowest BCUT2D eigenvalue weighted by atomic mass is 9.95. The first-order chi connectivity index (χ1) is 13.8. The molecule has 2 saturated heterocycles. The molecule has 150 valence electrons. The zero-order chi connectivity index (χ0) is 20.8. The number of hydrogen-bond acceptors (Lipinski definition) is 6. The number of likely N-dealkylation sites (tertiary alicyclic amines) is 1. The van der Waals surface area contributed by atoms with Crippen molar-refractivity contribution < 1.29 is 23.1 Å². The number of amides is 1. The van der Waals surface area contributed by atoms with Gasteiger partial charge in [0.1, 0.15) is 5.76 Å². The zero-order valence-electron chi connectivity index (χ0n) is 15.2. The molecule has 0 radical (unpaired) electrons. The van der Waals surface area contributed by atoms with Crippen molar-refractivity contribution in [1.29, 1.82) is 0 Å². The minimum Gasteiger partial charge on any atom is -0.507 e. The van der Waals surface area contributed by atoms with Gasteiger partial charge in [0.2, 0.25) is 0 Å². The van der Waals surface area contributed by atoms with Gasteiger partial charge in [0, 0.05) is 29.0 Å². The van der Waals surface area contributed by atoms with Crippen LogP contribution in [-0.4, -0.2) is 52.6 Å². The van der Waals surface area contributed by atoms with Gasteiger partial charge in [-0.2, -0.15) is 0 Å². The molecule has 2 fully saturated rings. The van der Waals surface area contributed by atoms with E-state index in [1.54, 1.807) is 36.4 Å². The van der Waals surface area contributed by atoms with Crippen molar-refractivity contribution in [3.05, 3.63) is 70.5 Å². The van der Waals surface area contributed by atoms with E-state index < -0.39 is 33.6 Å². The van der Waals surface area contributed by atoms with Crippen LogP contribution in [0.3, 0.4) is 0 Å². The number of carbonyl (C=O) groups excluding carboxylic acids is 2. The standard InChI is InChI=1S/C20H17ClN2O5S/c21-14-3-1-13(2-4-14)18(24)16-17(12-5-8-22-9-6-12)23(20(26)19(16)25)15-7-10-29(27,28)11-15/h1-6,8-9,15,17,24H,7,10-11H2/b18-16-. The molecule has 1 aromatic heterocycles. The molecule has 1 aromatic carbocycles. The summed E-state index contributed by atoms with van der Waals surface area (Å²) >= 11 is 5.90. The van der Waals surface area contributed by atoms with E-state index in [0.29, 0.717) is 16.1 Å². The van der Waals surface area contributed by atoms with Gasteiger partial charge in [0.25, 0.3) is 11.7 Å². The van der Waals surface area contributed by atoms with Gasteiger partial charge in [-0.25, -0.2) is 8.42 Å². The molecule has 0 spiro atoms. The molecule has 0 bridgehead atoms. The average molecular weight is 433 g/mol. The summed E-state index contributed by atoms with van der Waals surface area (Å²) in [6.07, 6.45) is 3.28. The number of aromatic nitrogens is 1.